The standard InChI is InChI=1S/C19H16N4O2S/c1-12-22-18-15(7-4-8-20-18)19(23-12)26-11-17-21-10-16(25-17)13-5-3-6-14(9-13)24-2/h3-10H,11H2,1-2H3. The Morgan fingerprint density at radius 3 is 2.92 bits per heavy atom. The van der Waals surface area contributed by atoms with Gasteiger partial charge in [-0.25, -0.2) is 19.9 Å². The first-order chi connectivity index (χ1) is 12.7. The zero-order valence-electron chi connectivity index (χ0n) is 14.3. The van der Waals surface area contributed by atoms with E-state index in [0.29, 0.717) is 28.9 Å². The quantitative estimate of drug-likeness (QED) is 0.386. The Morgan fingerprint density at radius 1 is 1.12 bits per heavy atom. The topological polar surface area (TPSA) is 73.9 Å². The van der Waals surface area contributed by atoms with Gasteiger partial charge in [-0.2, -0.15) is 0 Å². The number of fused-ring (bicyclic) bond motifs is 1. The molecule has 0 fully saturated rings. The number of aromatic nitrogens is 4. The van der Waals surface area contributed by atoms with Crippen LogP contribution < -0.4 is 4.74 Å². The van der Waals surface area contributed by atoms with Crippen LogP contribution in [0.15, 0.2) is 58.2 Å². The Bertz CT molecular complexity index is 1060. The number of aryl methyl sites for hydroxylation is 1. The number of methoxy groups -OCH3 is 1. The minimum atomic E-state index is 0.574. The molecule has 0 spiro atoms. The van der Waals surface area contributed by atoms with Crippen molar-refractivity contribution >= 4 is 22.8 Å². The van der Waals surface area contributed by atoms with Crippen molar-refractivity contribution in [3.63, 3.8) is 0 Å². The van der Waals surface area contributed by atoms with Crippen molar-refractivity contribution in [1.82, 2.24) is 19.9 Å². The molecule has 0 aliphatic rings. The van der Waals surface area contributed by atoms with E-state index in [2.05, 4.69) is 19.9 Å². The maximum atomic E-state index is 5.89. The second-order valence-corrected chi connectivity index (χ2v) is 6.55. The molecule has 0 atom stereocenters. The zero-order valence-corrected chi connectivity index (χ0v) is 15.2. The van der Waals surface area contributed by atoms with Gasteiger partial charge in [0.05, 0.1) is 24.4 Å². The van der Waals surface area contributed by atoms with Crippen molar-refractivity contribution in [3.8, 4) is 17.1 Å². The number of pyridine rings is 1. The van der Waals surface area contributed by atoms with Crippen molar-refractivity contribution in [1.29, 1.82) is 0 Å². The smallest absolute Gasteiger partial charge is 0.205 e. The first-order valence-corrected chi connectivity index (χ1v) is 9.03. The third kappa shape index (κ3) is 3.39. The lowest BCUT2D eigenvalue weighted by Crippen LogP contribution is -1.94. The van der Waals surface area contributed by atoms with Gasteiger partial charge in [0.2, 0.25) is 5.89 Å². The van der Waals surface area contributed by atoms with Gasteiger partial charge in [-0.1, -0.05) is 23.9 Å². The summed E-state index contributed by atoms with van der Waals surface area (Å²) in [6, 6.07) is 11.6. The summed E-state index contributed by atoms with van der Waals surface area (Å²) in [6.07, 6.45) is 3.47. The van der Waals surface area contributed by atoms with Crippen molar-refractivity contribution in [2.45, 2.75) is 17.7 Å². The zero-order chi connectivity index (χ0) is 17.9. The van der Waals surface area contributed by atoms with Crippen LogP contribution in [0.1, 0.15) is 11.7 Å². The Kier molecular flexibility index (Phi) is 4.53. The number of oxazole rings is 1. The maximum absolute atomic E-state index is 5.89. The highest BCUT2D eigenvalue weighted by atomic mass is 32.2. The predicted molar refractivity (Wildman–Crippen MR) is 100 cm³/mol. The molecule has 130 valence electrons. The van der Waals surface area contributed by atoms with E-state index in [0.717, 1.165) is 21.7 Å². The molecule has 0 aliphatic heterocycles. The summed E-state index contributed by atoms with van der Waals surface area (Å²) in [5.74, 6) is 3.41. The monoisotopic (exact) mass is 364 g/mol. The molecule has 0 radical (unpaired) electrons. The Labute approximate surface area is 154 Å². The van der Waals surface area contributed by atoms with Crippen LogP contribution in [0.5, 0.6) is 5.75 Å². The van der Waals surface area contributed by atoms with Crippen LogP contribution in [0.3, 0.4) is 0 Å². The molecule has 0 saturated heterocycles. The summed E-state index contributed by atoms with van der Waals surface area (Å²) >= 11 is 1.56. The molecule has 0 amide bonds. The highest BCUT2D eigenvalue weighted by Gasteiger charge is 2.11. The first kappa shape index (κ1) is 16.5. The number of thioether (sulfide) groups is 1. The largest absolute Gasteiger partial charge is 0.497 e. The molecule has 26 heavy (non-hydrogen) atoms. The molecular weight excluding hydrogens is 348 g/mol. The van der Waals surface area contributed by atoms with E-state index >= 15 is 0 Å². The molecule has 0 aliphatic carbocycles. The Balaban J connectivity index is 1.55. The SMILES string of the molecule is COc1cccc(-c2cnc(CSc3nc(C)nc4ncccc34)o2)c1. The molecule has 4 rings (SSSR count). The molecule has 0 N–H and O–H groups in total. The van der Waals surface area contributed by atoms with Crippen LogP contribution >= 0.6 is 11.8 Å². The molecule has 0 saturated carbocycles. The number of ether oxygens (including phenoxy) is 1. The third-order valence-corrected chi connectivity index (χ3v) is 4.76. The van der Waals surface area contributed by atoms with Crippen LogP contribution in [0.2, 0.25) is 0 Å². The maximum Gasteiger partial charge on any atom is 0.205 e. The van der Waals surface area contributed by atoms with Crippen molar-refractivity contribution < 1.29 is 9.15 Å². The van der Waals surface area contributed by atoms with Crippen LogP contribution in [-0.2, 0) is 5.75 Å². The number of hydrogen-bond donors (Lipinski definition) is 0. The molecule has 1 aromatic carbocycles. The van der Waals surface area contributed by atoms with Crippen LogP contribution in [0.25, 0.3) is 22.4 Å². The predicted octanol–water partition coefficient (Wildman–Crippen LogP) is 4.29. The van der Waals surface area contributed by atoms with E-state index in [1.165, 1.54) is 0 Å². The molecule has 0 unspecified atom stereocenters. The van der Waals surface area contributed by atoms with Crippen LogP contribution in [0, 0.1) is 6.92 Å². The number of hydrogen-bond acceptors (Lipinski definition) is 7. The fourth-order valence-corrected chi connectivity index (χ4v) is 3.47. The number of rotatable bonds is 5. The highest BCUT2D eigenvalue weighted by Crippen LogP contribution is 2.29. The van der Waals surface area contributed by atoms with Gasteiger partial charge in [0.15, 0.2) is 11.4 Å². The van der Waals surface area contributed by atoms with Crippen molar-refractivity contribution in [2.75, 3.05) is 7.11 Å². The van der Waals surface area contributed by atoms with E-state index in [4.69, 9.17) is 9.15 Å². The van der Waals surface area contributed by atoms with E-state index in [1.807, 2.05) is 43.3 Å². The number of nitrogens with zero attached hydrogens (tertiary/aromatic N) is 4. The normalized spacial score (nSPS) is 11.0. The molecule has 0 bridgehead atoms. The molecule has 3 heterocycles. The Hall–Kier alpha value is -2.93. The summed E-state index contributed by atoms with van der Waals surface area (Å²) < 4.78 is 11.1. The van der Waals surface area contributed by atoms with Gasteiger partial charge in [0.25, 0.3) is 0 Å². The molecular formula is C19H16N4O2S. The van der Waals surface area contributed by atoms with Gasteiger partial charge >= 0.3 is 0 Å². The van der Waals surface area contributed by atoms with Gasteiger partial charge in [-0.15, -0.1) is 0 Å². The summed E-state index contributed by atoms with van der Waals surface area (Å²) in [5, 5.41) is 1.81. The van der Waals surface area contributed by atoms with Crippen molar-refractivity contribution in [3.05, 3.63) is 60.5 Å². The van der Waals surface area contributed by atoms with Gasteiger partial charge in [0.1, 0.15) is 16.6 Å². The summed E-state index contributed by atoms with van der Waals surface area (Å²) in [6.45, 7) is 1.87. The lowest BCUT2D eigenvalue weighted by molar-refractivity contribution is 0.414. The second-order valence-electron chi connectivity index (χ2n) is 5.59. The molecule has 3 aromatic heterocycles. The Morgan fingerprint density at radius 2 is 2.04 bits per heavy atom. The average molecular weight is 364 g/mol. The van der Waals surface area contributed by atoms with Gasteiger partial charge in [-0.3, -0.25) is 0 Å². The molecule has 7 heteroatoms. The fraction of sp³-hybridized carbons (Fsp3) is 0.158. The van der Waals surface area contributed by atoms with E-state index in [9.17, 15) is 0 Å². The van der Waals surface area contributed by atoms with E-state index in [1.54, 1.807) is 31.3 Å². The molecule has 4 aromatic rings. The van der Waals surface area contributed by atoms with Gasteiger partial charge in [-0.05, 0) is 31.2 Å². The lowest BCUT2D eigenvalue weighted by Gasteiger charge is -2.04. The highest BCUT2D eigenvalue weighted by molar-refractivity contribution is 7.98. The third-order valence-electron chi connectivity index (χ3n) is 3.79. The summed E-state index contributed by atoms with van der Waals surface area (Å²) in [4.78, 5) is 17.6. The summed E-state index contributed by atoms with van der Waals surface area (Å²) in [5.41, 5.74) is 1.63. The first-order valence-electron chi connectivity index (χ1n) is 8.04. The minimum Gasteiger partial charge on any atom is -0.497 e. The van der Waals surface area contributed by atoms with Crippen LogP contribution in [-0.4, -0.2) is 27.0 Å². The minimum absolute atomic E-state index is 0.574. The average Bonchev–Trinajstić information content (AvgIpc) is 3.15. The van der Waals surface area contributed by atoms with E-state index < -0.39 is 0 Å². The second kappa shape index (κ2) is 7.13. The van der Waals surface area contributed by atoms with Gasteiger partial charge < -0.3 is 9.15 Å². The van der Waals surface area contributed by atoms with Crippen LogP contribution in [0.4, 0.5) is 0 Å². The summed E-state index contributed by atoms with van der Waals surface area (Å²) in [7, 11) is 1.64. The lowest BCUT2D eigenvalue weighted by atomic mass is 10.2. The fourth-order valence-electron chi connectivity index (χ4n) is 2.57. The van der Waals surface area contributed by atoms with Gasteiger partial charge in [0, 0.05) is 11.8 Å². The van der Waals surface area contributed by atoms with E-state index in [-0.39, 0.29) is 0 Å². The molecule has 6 nitrogen and oxygen atoms in total. The van der Waals surface area contributed by atoms with Crippen molar-refractivity contribution in [2.24, 2.45) is 0 Å². The number of benzene rings is 1.